The van der Waals surface area contributed by atoms with Crippen LogP contribution in [-0.2, 0) is 42.2 Å². The summed E-state index contributed by atoms with van der Waals surface area (Å²) in [6, 6.07) is 0. The standard InChI is InChI=1S/C62H105O11P/c1-4-7-10-13-16-19-22-25-27-29-31-34-36-39-42-45-48-51-60(64)69-55-59(73-62(66)53-50-47-44-41-38-35-32-30-28-26-23-20-17-14-11-8-5-2)57-71-74(67,68)70-56-58(54-63)72-61(65)52-49-46-43-40-37-33-24-21-18-15-12-9-6-3/h8,11-12,15,17,20-21,24-28,32,35,41,44,58-59,63H,4-7,9-10,13-14,16,18-19,22-23,29-31,33-34,36-40,42-43,45-57H2,1-3H3,(H,67,68)/b11-8-,15-12-,20-17-,24-21-,27-25-,28-26-,35-32-,44-41-. The molecule has 0 aliphatic rings. The van der Waals surface area contributed by atoms with Crippen molar-refractivity contribution in [2.45, 2.75) is 251 Å². The Morgan fingerprint density at radius 3 is 1.20 bits per heavy atom. The number of esters is 3. The van der Waals surface area contributed by atoms with E-state index in [-0.39, 0.29) is 25.9 Å². The fraction of sp³-hybridized carbons (Fsp3) is 0.694. The molecule has 3 atom stereocenters. The van der Waals surface area contributed by atoms with Gasteiger partial charge < -0.3 is 24.2 Å². The second kappa shape index (κ2) is 55.6. The van der Waals surface area contributed by atoms with E-state index in [1.54, 1.807) is 0 Å². The number of hydrogen-bond donors (Lipinski definition) is 2. The number of phosphoric ester groups is 1. The Bertz CT molecular complexity index is 1610. The van der Waals surface area contributed by atoms with Gasteiger partial charge >= 0.3 is 25.7 Å². The zero-order valence-corrected chi connectivity index (χ0v) is 47.7. The minimum Gasteiger partial charge on any atom is -0.462 e. The van der Waals surface area contributed by atoms with Gasteiger partial charge in [-0.3, -0.25) is 23.4 Å². The van der Waals surface area contributed by atoms with Gasteiger partial charge in [-0.15, -0.1) is 0 Å². The molecule has 3 unspecified atom stereocenters. The maximum atomic E-state index is 12.9. The van der Waals surface area contributed by atoms with E-state index in [0.29, 0.717) is 25.7 Å². The van der Waals surface area contributed by atoms with Crippen molar-refractivity contribution in [1.29, 1.82) is 0 Å². The molecule has 0 amide bonds. The topological polar surface area (TPSA) is 155 Å². The van der Waals surface area contributed by atoms with Gasteiger partial charge in [-0.25, -0.2) is 4.57 Å². The number of carbonyl (C=O) groups is 3. The lowest BCUT2D eigenvalue weighted by atomic mass is 10.1. The summed E-state index contributed by atoms with van der Waals surface area (Å²) in [4.78, 5) is 48.5. The summed E-state index contributed by atoms with van der Waals surface area (Å²) < 4.78 is 39.4. The van der Waals surface area contributed by atoms with E-state index in [1.807, 2.05) is 12.2 Å². The number of carbonyl (C=O) groups excluding carboxylic acids is 3. The van der Waals surface area contributed by atoms with Gasteiger partial charge in [0.15, 0.2) is 6.10 Å². The SMILES string of the molecule is CC/C=C\C/C=C\C/C=C\C/C=C\C/C=C\CCCC(=O)OC(COC(=O)CCCCCCCCC/C=C\CCCCCCCC)COP(=O)(O)OCC(CO)OC(=O)CCCCCCC/C=C\C/C=C\CCC. The average Bonchev–Trinajstić information content (AvgIpc) is 3.39. The highest BCUT2D eigenvalue weighted by Gasteiger charge is 2.28. The maximum Gasteiger partial charge on any atom is 0.472 e. The zero-order chi connectivity index (χ0) is 54.1. The van der Waals surface area contributed by atoms with Crippen LogP contribution in [-0.4, -0.2) is 66.5 Å². The van der Waals surface area contributed by atoms with Crippen molar-refractivity contribution in [3.63, 3.8) is 0 Å². The molecule has 0 aliphatic carbocycles. The smallest absolute Gasteiger partial charge is 0.462 e. The monoisotopic (exact) mass is 1060 g/mol. The molecule has 0 aromatic carbocycles. The van der Waals surface area contributed by atoms with E-state index in [4.69, 9.17) is 23.3 Å². The highest BCUT2D eigenvalue weighted by Crippen LogP contribution is 2.43. The van der Waals surface area contributed by atoms with E-state index in [2.05, 4.69) is 106 Å². The van der Waals surface area contributed by atoms with Crippen LogP contribution in [0.1, 0.15) is 239 Å². The molecule has 11 nitrogen and oxygen atoms in total. The van der Waals surface area contributed by atoms with Crippen molar-refractivity contribution in [3.05, 3.63) is 97.2 Å². The predicted molar refractivity (Wildman–Crippen MR) is 307 cm³/mol. The molecule has 0 saturated carbocycles. The molecule has 0 spiro atoms. The molecule has 0 fully saturated rings. The third-order valence-electron chi connectivity index (χ3n) is 11.9. The highest BCUT2D eigenvalue weighted by atomic mass is 31.2. The molecule has 0 heterocycles. The van der Waals surface area contributed by atoms with Gasteiger partial charge in [0.05, 0.1) is 19.8 Å². The molecule has 74 heavy (non-hydrogen) atoms. The van der Waals surface area contributed by atoms with Gasteiger partial charge in [0.2, 0.25) is 0 Å². The number of rotatable bonds is 53. The summed E-state index contributed by atoms with van der Waals surface area (Å²) >= 11 is 0. The van der Waals surface area contributed by atoms with Gasteiger partial charge in [-0.05, 0) is 109 Å². The van der Waals surface area contributed by atoms with Crippen molar-refractivity contribution >= 4 is 25.7 Å². The Kier molecular flexibility index (Phi) is 52.9. The summed E-state index contributed by atoms with van der Waals surface area (Å²) in [5.41, 5.74) is 0. The lowest BCUT2D eigenvalue weighted by Crippen LogP contribution is -2.30. The van der Waals surface area contributed by atoms with Crippen LogP contribution in [0, 0.1) is 0 Å². The van der Waals surface area contributed by atoms with Crippen LogP contribution in [0.2, 0.25) is 0 Å². The minimum absolute atomic E-state index is 0.0840. The van der Waals surface area contributed by atoms with Gasteiger partial charge in [0.25, 0.3) is 0 Å². The molecule has 0 aromatic rings. The Balaban J connectivity index is 4.83. The number of allylic oxidation sites excluding steroid dienone is 16. The zero-order valence-electron chi connectivity index (χ0n) is 46.8. The number of unbranched alkanes of at least 4 members (excludes halogenated alkanes) is 20. The summed E-state index contributed by atoms with van der Waals surface area (Å²) in [6.45, 7) is 4.38. The van der Waals surface area contributed by atoms with E-state index in [9.17, 15) is 28.9 Å². The van der Waals surface area contributed by atoms with Gasteiger partial charge in [-0.1, -0.05) is 208 Å². The van der Waals surface area contributed by atoms with Crippen LogP contribution >= 0.6 is 7.82 Å². The number of aliphatic hydroxyl groups excluding tert-OH is 1. The Labute approximate surface area is 451 Å². The third kappa shape index (κ3) is 53.2. The summed E-state index contributed by atoms with van der Waals surface area (Å²) in [7, 11) is -4.77. The van der Waals surface area contributed by atoms with E-state index >= 15 is 0 Å². The minimum atomic E-state index is -4.77. The lowest BCUT2D eigenvalue weighted by molar-refractivity contribution is -0.161. The van der Waals surface area contributed by atoms with Crippen LogP contribution in [0.5, 0.6) is 0 Å². The van der Waals surface area contributed by atoms with Crippen LogP contribution in [0.3, 0.4) is 0 Å². The van der Waals surface area contributed by atoms with E-state index in [0.717, 1.165) is 109 Å². The van der Waals surface area contributed by atoms with E-state index in [1.165, 1.54) is 64.2 Å². The fourth-order valence-corrected chi connectivity index (χ4v) is 8.33. The van der Waals surface area contributed by atoms with Crippen LogP contribution in [0.25, 0.3) is 0 Å². The van der Waals surface area contributed by atoms with Crippen molar-refractivity contribution in [3.8, 4) is 0 Å². The van der Waals surface area contributed by atoms with Crippen molar-refractivity contribution in [1.82, 2.24) is 0 Å². The van der Waals surface area contributed by atoms with Crippen molar-refractivity contribution in [2.75, 3.05) is 26.4 Å². The van der Waals surface area contributed by atoms with Gasteiger partial charge in [0.1, 0.15) is 12.7 Å². The number of ether oxygens (including phenoxy) is 3. The molecule has 2 N–H and O–H groups in total. The largest absolute Gasteiger partial charge is 0.472 e. The number of phosphoric acid groups is 1. The van der Waals surface area contributed by atoms with Gasteiger partial charge in [0, 0.05) is 19.3 Å². The molecular formula is C62H105O11P. The molecule has 0 saturated heterocycles. The summed E-state index contributed by atoms with van der Waals surface area (Å²) in [5.74, 6) is -1.56. The first-order valence-corrected chi connectivity index (χ1v) is 30.6. The van der Waals surface area contributed by atoms with Gasteiger partial charge in [-0.2, -0.15) is 0 Å². The predicted octanol–water partition coefficient (Wildman–Crippen LogP) is 17.3. The summed E-state index contributed by atoms with van der Waals surface area (Å²) in [6.07, 6.45) is 65.2. The van der Waals surface area contributed by atoms with Crippen LogP contribution in [0.4, 0.5) is 0 Å². The number of aliphatic hydroxyl groups is 1. The first-order valence-electron chi connectivity index (χ1n) is 29.1. The molecule has 12 heteroatoms. The molecule has 424 valence electrons. The fourth-order valence-electron chi connectivity index (χ4n) is 7.54. The Hall–Kier alpha value is -3.60. The quantitative estimate of drug-likeness (QED) is 0.0197. The maximum absolute atomic E-state index is 12.9. The van der Waals surface area contributed by atoms with Crippen LogP contribution < -0.4 is 0 Å². The second-order valence-electron chi connectivity index (χ2n) is 19.1. The molecule has 0 radical (unpaired) electrons. The summed E-state index contributed by atoms with van der Waals surface area (Å²) in [5, 5.41) is 9.80. The first kappa shape index (κ1) is 70.4. The van der Waals surface area contributed by atoms with Crippen molar-refractivity contribution in [2.24, 2.45) is 0 Å². The molecular weight excluding hydrogens is 952 g/mol. The lowest BCUT2D eigenvalue weighted by Gasteiger charge is -2.21. The van der Waals surface area contributed by atoms with Crippen LogP contribution in [0.15, 0.2) is 97.2 Å². The Morgan fingerprint density at radius 2 is 0.743 bits per heavy atom. The third-order valence-corrected chi connectivity index (χ3v) is 12.9. The molecule has 0 aromatic heterocycles. The average molecular weight is 1060 g/mol. The second-order valence-corrected chi connectivity index (χ2v) is 20.5. The Morgan fingerprint density at radius 1 is 0.392 bits per heavy atom. The van der Waals surface area contributed by atoms with Crippen molar-refractivity contribution < 1.29 is 52.2 Å². The number of hydrogen-bond acceptors (Lipinski definition) is 10. The normalized spacial score (nSPS) is 14.1. The molecule has 0 bridgehead atoms. The van der Waals surface area contributed by atoms with E-state index < -0.39 is 57.8 Å². The molecule has 0 aliphatic heterocycles. The first-order chi connectivity index (χ1) is 36.2. The highest BCUT2D eigenvalue weighted by molar-refractivity contribution is 7.47. The molecule has 0 rings (SSSR count).